The van der Waals surface area contributed by atoms with E-state index in [1.807, 2.05) is 18.2 Å². The van der Waals surface area contributed by atoms with Crippen molar-refractivity contribution in [1.82, 2.24) is 0 Å². The highest BCUT2D eigenvalue weighted by molar-refractivity contribution is 7.47. The van der Waals surface area contributed by atoms with Crippen molar-refractivity contribution < 1.29 is 80.2 Å². The molecule has 0 saturated heterocycles. The Hall–Kier alpha value is -5.84. The Morgan fingerprint density at radius 3 is 0.892 bits per heavy atom. The molecule has 0 aliphatic rings. The van der Waals surface area contributed by atoms with Crippen LogP contribution in [0.25, 0.3) is 0 Å². The normalized spacial score (nSPS) is 14.9. The lowest BCUT2D eigenvalue weighted by Crippen LogP contribution is -2.30. The van der Waals surface area contributed by atoms with E-state index < -0.39 is 97.5 Å². The van der Waals surface area contributed by atoms with Gasteiger partial charge in [-0.3, -0.25) is 37.3 Å². The monoisotopic (exact) mass is 1460 g/mol. The molecule has 5 unspecified atom stereocenters. The lowest BCUT2D eigenvalue weighted by atomic mass is 10.1. The Bertz CT molecular complexity index is 2650. The van der Waals surface area contributed by atoms with Crippen LogP contribution in [-0.2, 0) is 65.4 Å². The molecule has 0 aliphatic carbocycles. The van der Waals surface area contributed by atoms with E-state index in [1.165, 1.54) is 6.42 Å². The fourth-order valence-corrected chi connectivity index (χ4v) is 10.8. The van der Waals surface area contributed by atoms with Crippen LogP contribution in [0.3, 0.4) is 0 Å². The van der Waals surface area contributed by atoms with Gasteiger partial charge in [0.1, 0.15) is 19.3 Å². The predicted molar refractivity (Wildman–Crippen MR) is 417 cm³/mol. The molecular weight excluding hydrogens is 1330 g/mol. The number of ether oxygens (including phenoxy) is 4. The molecule has 576 valence electrons. The van der Waals surface area contributed by atoms with E-state index in [1.54, 1.807) is 6.08 Å². The summed E-state index contributed by atoms with van der Waals surface area (Å²) in [7, 11) is -10.0. The minimum absolute atomic E-state index is 0.0495. The molecule has 0 saturated carbocycles. The Labute approximate surface area is 615 Å². The van der Waals surface area contributed by atoms with Gasteiger partial charge in [0.25, 0.3) is 0 Å². The summed E-state index contributed by atoms with van der Waals surface area (Å²) in [6.45, 7) is 4.26. The Balaban J connectivity index is 5.48. The number of esters is 4. The molecule has 19 heteroatoms. The summed E-state index contributed by atoms with van der Waals surface area (Å²) in [4.78, 5) is 72.8. The number of unbranched alkanes of at least 4 members (excludes halogenated alkanes) is 14. The van der Waals surface area contributed by atoms with Gasteiger partial charge in [-0.2, -0.15) is 0 Å². The van der Waals surface area contributed by atoms with Gasteiger partial charge in [-0.15, -0.1) is 0 Å². The molecule has 3 N–H and O–H groups in total. The molecule has 0 aromatic rings. The molecule has 0 fully saturated rings. The maximum Gasteiger partial charge on any atom is 0.472 e. The Morgan fingerprint density at radius 1 is 0.294 bits per heavy atom. The molecule has 0 aromatic heterocycles. The van der Waals surface area contributed by atoms with E-state index in [0.29, 0.717) is 25.7 Å². The standard InChI is InChI=1S/C83H132O17P2/c1-5-9-13-17-21-25-29-32-35-37-38-40-42-45-49-52-56-60-64-68-81(86)94-74-79(100-83(88)70-66-62-58-54-50-46-43-39-36-33-30-26-22-18-14-10-6-2)76-98-102(91,92)96-72-77(84)71-95-101(89,90)97-75-78(99-82(87)69-65-61-57-53-47-28-24-20-16-12-8-4)73-93-80(85)67-63-59-55-51-48-44-41-34-31-27-23-19-15-11-7-3/h9-11,13-15,20-27,32-36,38,40-41,43,45-46,48-49,51,59,63,77-79,84H,5-8,12,16-19,28-31,37,39,42,44,47,50,52-58,60-62,64-76H2,1-4H3,(H,89,90)(H,91,92)/b13-9-,14-10-,15-11-,24-20-,25-21-,26-22-,27-23-,35-32-,36-33-,40-38-,41-34-,46-43-,49-45-,51-48-,63-59-. The van der Waals surface area contributed by atoms with Gasteiger partial charge in [0.15, 0.2) is 12.2 Å². The second-order valence-electron chi connectivity index (χ2n) is 24.5. The van der Waals surface area contributed by atoms with Crippen LogP contribution < -0.4 is 0 Å². The van der Waals surface area contributed by atoms with Crippen LogP contribution in [0.4, 0.5) is 0 Å². The van der Waals surface area contributed by atoms with Gasteiger partial charge in [-0.1, -0.05) is 261 Å². The van der Waals surface area contributed by atoms with Gasteiger partial charge in [-0.25, -0.2) is 9.13 Å². The number of hydrogen-bond acceptors (Lipinski definition) is 15. The first-order chi connectivity index (χ1) is 49.7. The maximum absolute atomic E-state index is 13.1. The number of rotatable bonds is 69. The summed E-state index contributed by atoms with van der Waals surface area (Å²) in [5.41, 5.74) is 0. The molecule has 17 nitrogen and oxygen atoms in total. The second-order valence-corrected chi connectivity index (χ2v) is 27.4. The van der Waals surface area contributed by atoms with Crippen molar-refractivity contribution in [2.75, 3.05) is 39.6 Å². The molecule has 0 aliphatic heterocycles. The van der Waals surface area contributed by atoms with Crippen LogP contribution in [0.15, 0.2) is 182 Å². The zero-order valence-electron chi connectivity index (χ0n) is 62.7. The first kappa shape index (κ1) is 96.2. The number of carbonyl (C=O) groups excluding carboxylic acids is 4. The van der Waals surface area contributed by atoms with Crippen LogP contribution >= 0.6 is 15.6 Å². The van der Waals surface area contributed by atoms with E-state index >= 15 is 0 Å². The summed E-state index contributed by atoms with van der Waals surface area (Å²) in [5, 5.41) is 10.6. The SMILES string of the molecule is CC/C=C\C/C=C\C/C=C\C/C=C\C/C=C\CCCCCC(=O)OCC(COP(=O)(O)OCC(O)COP(=O)(O)OCC(COC(=O)C/C=C\C/C=C\C/C=C\C/C=C\C/C=C\CC)OC(=O)CCCCCCC/C=C\CCCC)OC(=O)CCCCCC/C=C\C/C=C\C/C=C\C/C=C\CC. The van der Waals surface area contributed by atoms with Gasteiger partial charge in [0.05, 0.1) is 32.8 Å². The fraction of sp³-hybridized carbons (Fsp3) is 0.590. The number of phosphoric ester groups is 2. The fourth-order valence-electron chi connectivity index (χ4n) is 9.17. The Kier molecular flexibility index (Phi) is 69.3. The summed E-state index contributed by atoms with van der Waals surface area (Å²) in [6.07, 6.45) is 87.8. The number of aliphatic hydroxyl groups excluding tert-OH is 1. The third-order valence-electron chi connectivity index (χ3n) is 14.9. The molecular formula is C83H132O17P2. The van der Waals surface area contributed by atoms with Crippen LogP contribution in [0.2, 0.25) is 0 Å². The van der Waals surface area contributed by atoms with E-state index in [0.717, 1.165) is 173 Å². The van der Waals surface area contributed by atoms with Gasteiger partial charge in [0, 0.05) is 19.3 Å². The molecule has 102 heavy (non-hydrogen) atoms. The van der Waals surface area contributed by atoms with Crippen molar-refractivity contribution in [3.63, 3.8) is 0 Å². The molecule has 0 spiro atoms. The van der Waals surface area contributed by atoms with Crippen LogP contribution in [0.5, 0.6) is 0 Å². The third kappa shape index (κ3) is 72.5. The maximum atomic E-state index is 13.1. The van der Waals surface area contributed by atoms with Crippen molar-refractivity contribution in [1.29, 1.82) is 0 Å². The van der Waals surface area contributed by atoms with E-state index in [4.69, 9.17) is 37.0 Å². The average molecular weight is 1460 g/mol. The molecule has 0 rings (SSSR count). The summed E-state index contributed by atoms with van der Waals surface area (Å²) >= 11 is 0. The van der Waals surface area contributed by atoms with Gasteiger partial charge < -0.3 is 33.8 Å². The zero-order valence-corrected chi connectivity index (χ0v) is 64.5. The summed E-state index contributed by atoms with van der Waals surface area (Å²) in [5.74, 6) is -2.42. The molecule has 5 atom stereocenters. The molecule has 0 radical (unpaired) electrons. The molecule has 0 bridgehead atoms. The zero-order chi connectivity index (χ0) is 74.6. The summed E-state index contributed by atoms with van der Waals surface area (Å²) in [6, 6.07) is 0. The first-order valence-corrected chi connectivity index (χ1v) is 41.0. The van der Waals surface area contributed by atoms with Crippen molar-refractivity contribution in [3.8, 4) is 0 Å². The number of carbonyl (C=O) groups is 4. The number of hydrogen-bond donors (Lipinski definition) is 3. The first-order valence-electron chi connectivity index (χ1n) is 38.0. The highest BCUT2D eigenvalue weighted by Gasteiger charge is 2.30. The Morgan fingerprint density at radius 2 is 0.549 bits per heavy atom. The van der Waals surface area contributed by atoms with Crippen LogP contribution in [-0.4, -0.2) is 96.7 Å². The molecule has 0 amide bonds. The predicted octanol–water partition coefficient (Wildman–Crippen LogP) is 22.0. The largest absolute Gasteiger partial charge is 0.472 e. The lowest BCUT2D eigenvalue weighted by Gasteiger charge is -2.21. The third-order valence-corrected chi connectivity index (χ3v) is 16.8. The van der Waals surface area contributed by atoms with Crippen molar-refractivity contribution >= 4 is 39.5 Å². The van der Waals surface area contributed by atoms with Crippen molar-refractivity contribution in [2.24, 2.45) is 0 Å². The summed E-state index contributed by atoms with van der Waals surface area (Å²) < 4.78 is 68.3. The van der Waals surface area contributed by atoms with E-state index in [-0.39, 0.29) is 25.7 Å². The molecule has 0 heterocycles. The highest BCUT2D eigenvalue weighted by Crippen LogP contribution is 2.45. The van der Waals surface area contributed by atoms with E-state index in [2.05, 4.69) is 186 Å². The number of phosphoric acid groups is 2. The average Bonchev–Trinajstić information content (AvgIpc) is 0.921. The minimum atomic E-state index is -5.01. The topological polar surface area (TPSA) is 237 Å². The number of aliphatic hydroxyl groups is 1. The second kappa shape index (κ2) is 73.5. The van der Waals surface area contributed by atoms with Gasteiger partial charge in [0.2, 0.25) is 0 Å². The van der Waals surface area contributed by atoms with Gasteiger partial charge >= 0.3 is 39.5 Å². The highest BCUT2D eigenvalue weighted by atomic mass is 31.2. The quantitative estimate of drug-likeness (QED) is 0.0169. The van der Waals surface area contributed by atoms with E-state index in [9.17, 15) is 43.2 Å². The van der Waals surface area contributed by atoms with Crippen LogP contribution in [0.1, 0.15) is 259 Å². The lowest BCUT2D eigenvalue weighted by molar-refractivity contribution is -0.161. The van der Waals surface area contributed by atoms with Crippen molar-refractivity contribution in [3.05, 3.63) is 182 Å². The number of allylic oxidation sites excluding steroid dienone is 29. The van der Waals surface area contributed by atoms with Gasteiger partial charge in [-0.05, 0) is 154 Å². The smallest absolute Gasteiger partial charge is 0.462 e. The molecule has 0 aromatic carbocycles. The minimum Gasteiger partial charge on any atom is -0.462 e. The van der Waals surface area contributed by atoms with Crippen molar-refractivity contribution in [2.45, 2.75) is 277 Å². The van der Waals surface area contributed by atoms with Crippen LogP contribution in [0, 0.1) is 0 Å².